The maximum Gasteiger partial charge on any atom is 0.0741 e. The number of thioether (sulfide) groups is 1. The first kappa shape index (κ1) is 14.9. The first-order valence-corrected chi connectivity index (χ1v) is 8.35. The standard InChI is InChI=1S/C16H25NOS/c1-2-11-17-12-14-5-7-15(8-6-14)19-13-16(18)9-3-4-10-16/h5-8,17-18H,2-4,9-13H2,1H3. The van der Waals surface area contributed by atoms with Crippen molar-refractivity contribution < 1.29 is 5.11 Å². The minimum atomic E-state index is -0.411. The maximum atomic E-state index is 10.3. The van der Waals surface area contributed by atoms with Gasteiger partial charge in [-0.15, -0.1) is 11.8 Å². The van der Waals surface area contributed by atoms with Crippen molar-refractivity contribution >= 4 is 11.8 Å². The highest BCUT2D eigenvalue weighted by Crippen LogP contribution is 2.34. The smallest absolute Gasteiger partial charge is 0.0741 e. The van der Waals surface area contributed by atoms with Crippen molar-refractivity contribution in [3.05, 3.63) is 29.8 Å². The van der Waals surface area contributed by atoms with E-state index in [0.717, 1.165) is 31.7 Å². The molecule has 1 fully saturated rings. The predicted molar refractivity (Wildman–Crippen MR) is 82.6 cm³/mol. The van der Waals surface area contributed by atoms with Crippen LogP contribution in [0.5, 0.6) is 0 Å². The molecule has 1 aromatic carbocycles. The van der Waals surface area contributed by atoms with Crippen molar-refractivity contribution in [2.75, 3.05) is 12.3 Å². The fourth-order valence-corrected chi connectivity index (χ4v) is 3.56. The number of nitrogens with one attached hydrogen (secondary N) is 1. The molecule has 1 aliphatic rings. The average Bonchev–Trinajstić information content (AvgIpc) is 2.86. The molecule has 0 aromatic heterocycles. The Balaban J connectivity index is 1.78. The Morgan fingerprint density at radius 2 is 1.89 bits per heavy atom. The van der Waals surface area contributed by atoms with Crippen molar-refractivity contribution in [1.82, 2.24) is 5.32 Å². The predicted octanol–water partition coefficient (Wildman–Crippen LogP) is 3.58. The first-order valence-electron chi connectivity index (χ1n) is 7.37. The van der Waals surface area contributed by atoms with E-state index in [-0.39, 0.29) is 0 Å². The van der Waals surface area contributed by atoms with Gasteiger partial charge in [0.1, 0.15) is 0 Å². The van der Waals surface area contributed by atoms with Crippen molar-refractivity contribution in [2.45, 2.75) is 56.1 Å². The van der Waals surface area contributed by atoms with Crippen molar-refractivity contribution in [1.29, 1.82) is 0 Å². The number of aliphatic hydroxyl groups is 1. The third-order valence-electron chi connectivity index (χ3n) is 3.72. The third kappa shape index (κ3) is 4.83. The molecular weight excluding hydrogens is 254 g/mol. The molecule has 0 bridgehead atoms. The fraction of sp³-hybridized carbons (Fsp3) is 0.625. The van der Waals surface area contributed by atoms with E-state index in [4.69, 9.17) is 0 Å². The number of rotatable bonds is 7. The summed E-state index contributed by atoms with van der Waals surface area (Å²) in [4.78, 5) is 1.26. The van der Waals surface area contributed by atoms with E-state index in [1.54, 1.807) is 11.8 Å². The van der Waals surface area contributed by atoms with Gasteiger partial charge in [-0.1, -0.05) is 31.9 Å². The van der Waals surface area contributed by atoms with Gasteiger partial charge in [0.25, 0.3) is 0 Å². The minimum Gasteiger partial charge on any atom is -0.389 e. The summed E-state index contributed by atoms with van der Waals surface area (Å²) in [5.41, 5.74) is 0.920. The summed E-state index contributed by atoms with van der Waals surface area (Å²) in [6.07, 6.45) is 5.47. The molecule has 106 valence electrons. The van der Waals surface area contributed by atoms with Crippen molar-refractivity contribution in [2.24, 2.45) is 0 Å². The third-order valence-corrected chi connectivity index (χ3v) is 5.01. The summed E-state index contributed by atoms with van der Waals surface area (Å²) in [5.74, 6) is 0.834. The van der Waals surface area contributed by atoms with Gasteiger partial charge in [0.2, 0.25) is 0 Å². The minimum absolute atomic E-state index is 0.411. The molecule has 19 heavy (non-hydrogen) atoms. The van der Waals surface area contributed by atoms with Crippen LogP contribution < -0.4 is 5.32 Å². The lowest BCUT2D eigenvalue weighted by Gasteiger charge is -2.21. The lowest BCUT2D eigenvalue weighted by molar-refractivity contribution is 0.0732. The van der Waals surface area contributed by atoms with Crippen LogP contribution >= 0.6 is 11.8 Å². The zero-order chi connectivity index (χ0) is 13.6. The molecule has 0 spiro atoms. The number of hydrogen-bond acceptors (Lipinski definition) is 3. The molecule has 0 aliphatic heterocycles. The second-order valence-electron chi connectivity index (χ2n) is 5.54. The Bertz CT molecular complexity index is 371. The molecular formula is C16H25NOS. The van der Waals surface area contributed by atoms with Gasteiger partial charge in [-0.25, -0.2) is 0 Å². The molecule has 2 nitrogen and oxygen atoms in total. The Morgan fingerprint density at radius 1 is 1.21 bits per heavy atom. The number of benzene rings is 1. The van der Waals surface area contributed by atoms with Gasteiger partial charge in [0, 0.05) is 17.2 Å². The van der Waals surface area contributed by atoms with E-state index in [0.29, 0.717) is 0 Å². The van der Waals surface area contributed by atoms with Gasteiger partial charge in [-0.3, -0.25) is 0 Å². The Labute approximate surface area is 121 Å². The Morgan fingerprint density at radius 3 is 2.53 bits per heavy atom. The van der Waals surface area contributed by atoms with E-state index in [1.165, 1.54) is 29.7 Å². The molecule has 0 amide bonds. The first-order chi connectivity index (χ1) is 9.22. The molecule has 1 aromatic rings. The normalized spacial score (nSPS) is 17.8. The number of hydrogen-bond donors (Lipinski definition) is 2. The maximum absolute atomic E-state index is 10.3. The largest absolute Gasteiger partial charge is 0.389 e. The van der Waals surface area contributed by atoms with Crippen LogP contribution in [0.25, 0.3) is 0 Å². The van der Waals surface area contributed by atoms with Gasteiger partial charge >= 0.3 is 0 Å². The van der Waals surface area contributed by atoms with Crippen LogP contribution in [0.2, 0.25) is 0 Å². The summed E-state index contributed by atoms with van der Waals surface area (Å²) in [6.45, 7) is 4.20. The molecule has 0 radical (unpaired) electrons. The lowest BCUT2D eigenvalue weighted by atomic mass is 10.1. The van der Waals surface area contributed by atoms with Crippen LogP contribution in [0.3, 0.4) is 0 Å². The van der Waals surface area contributed by atoms with Crippen LogP contribution in [-0.2, 0) is 6.54 Å². The zero-order valence-corrected chi connectivity index (χ0v) is 12.6. The second kappa shape index (κ2) is 7.32. The Kier molecular flexibility index (Phi) is 5.74. The molecule has 0 heterocycles. The van der Waals surface area contributed by atoms with E-state index in [9.17, 15) is 5.11 Å². The lowest BCUT2D eigenvalue weighted by Crippen LogP contribution is -2.26. The summed E-state index contributed by atoms with van der Waals surface area (Å²) < 4.78 is 0. The van der Waals surface area contributed by atoms with Gasteiger partial charge < -0.3 is 10.4 Å². The monoisotopic (exact) mass is 279 g/mol. The molecule has 0 saturated heterocycles. The molecule has 2 N–H and O–H groups in total. The average molecular weight is 279 g/mol. The highest BCUT2D eigenvalue weighted by molar-refractivity contribution is 7.99. The molecule has 1 saturated carbocycles. The highest BCUT2D eigenvalue weighted by atomic mass is 32.2. The van der Waals surface area contributed by atoms with Crippen LogP contribution in [0, 0.1) is 0 Å². The fourth-order valence-electron chi connectivity index (χ4n) is 2.51. The molecule has 1 aliphatic carbocycles. The summed E-state index contributed by atoms with van der Waals surface area (Å²) in [6, 6.07) is 8.71. The summed E-state index contributed by atoms with van der Waals surface area (Å²) in [7, 11) is 0. The van der Waals surface area contributed by atoms with Crippen molar-refractivity contribution in [3.63, 3.8) is 0 Å². The van der Waals surface area contributed by atoms with Gasteiger partial charge in [0.05, 0.1) is 5.60 Å². The summed E-state index contributed by atoms with van der Waals surface area (Å²) >= 11 is 1.78. The Hall–Kier alpha value is -0.510. The highest BCUT2D eigenvalue weighted by Gasteiger charge is 2.30. The van der Waals surface area contributed by atoms with E-state index in [2.05, 4.69) is 36.5 Å². The topological polar surface area (TPSA) is 32.3 Å². The van der Waals surface area contributed by atoms with E-state index < -0.39 is 5.60 Å². The van der Waals surface area contributed by atoms with Crippen LogP contribution in [0.1, 0.15) is 44.6 Å². The van der Waals surface area contributed by atoms with E-state index in [1.807, 2.05) is 0 Å². The van der Waals surface area contributed by atoms with Gasteiger partial charge in [-0.2, -0.15) is 0 Å². The quantitative estimate of drug-likeness (QED) is 0.591. The van der Waals surface area contributed by atoms with Crippen LogP contribution in [0.4, 0.5) is 0 Å². The molecule has 0 atom stereocenters. The van der Waals surface area contributed by atoms with Crippen LogP contribution in [-0.4, -0.2) is 23.0 Å². The zero-order valence-electron chi connectivity index (χ0n) is 11.8. The van der Waals surface area contributed by atoms with Gasteiger partial charge in [-0.05, 0) is 43.5 Å². The van der Waals surface area contributed by atoms with Crippen LogP contribution in [0.15, 0.2) is 29.2 Å². The second-order valence-corrected chi connectivity index (χ2v) is 6.59. The van der Waals surface area contributed by atoms with Crippen molar-refractivity contribution in [3.8, 4) is 0 Å². The molecule has 3 heteroatoms. The molecule has 2 rings (SSSR count). The van der Waals surface area contributed by atoms with E-state index >= 15 is 0 Å². The van der Waals surface area contributed by atoms with Gasteiger partial charge in [0.15, 0.2) is 0 Å². The molecule has 0 unspecified atom stereocenters. The SMILES string of the molecule is CCCNCc1ccc(SCC2(O)CCCC2)cc1. The summed E-state index contributed by atoms with van der Waals surface area (Å²) in [5, 5.41) is 13.7.